The largest absolute Gasteiger partial charge is 2.00 e. The molecule has 0 amide bonds. The van der Waals surface area contributed by atoms with Crippen LogP contribution >= 0.6 is 0 Å². The number of fused-ring (bicyclic) bond motifs is 2. The maximum absolute atomic E-state index is 10.4. The van der Waals surface area contributed by atoms with E-state index < -0.39 is 26.2 Å². The Hall–Kier alpha value is -15.6. The summed E-state index contributed by atoms with van der Waals surface area (Å²) in [5, 5.41) is 51.4. The molecule has 8 aromatic heterocycles. The molecule has 24 heteroatoms. The van der Waals surface area contributed by atoms with Gasteiger partial charge in [0.2, 0.25) is 0 Å². The van der Waals surface area contributed by atoms with Crippen molar-refractivity contribution in [1.82, 2.24) is 78.1 Å². The Kier molecular flexibility index (Phi) is 36.1. The molecule has 2 N–H and O–H groups in total. The Labute approximate surface area is 783 Å². The molecule has 0 atom stereocenters. The van der Waals surface area contributed by atoms with Gasteiger partial charge in [0.15, 0.2) is 11.6 Å². The number of hydrogen-bond donors (Lipinski definition) is 2. The number of benzene rings is 13. The van der Waals surface area contributed by atoms with Gasteiger partial charge in [0.05, 0.1) is 56.2 Å². The van der Waals surface area contributed by atoms with Crippen LogP contribution in [0.15, 0.2) is 449 Å². The van der Waals surface area contributed by atoms with Gasteiger partial charge in [-0.1, -0.05) is 388 Å². The first-order chi connectivity index (χ1) is 62.7. The number of hydrogen-bond acceptors (Lipinski definition) is 12. The van der Waals surface area contributed by atoms with Gasteiger partial charge in [0, 0.05) is 33.4 Å². The van der Waals surface area contributed by atoms with Crippen molar-refractivity contribution < 1.29 is 58.8 Å². The van der Waals surface area contributed by atoms with Crippen LogP contribution in [-0.4, -0.2) is 104 Å². The summed E-state index contributed by atoms with van der Waals surface area (Å²) in [6.45, 7) is 12.6. The van der Waals surface area contributed by atoms with E-state index in [2.05, 4.69) is 198 Å². The zero-order valence-corrected chi connectivity index (χ0v) is 79.4. The standard InChI is InChI=1S/2C30H28BN6.2C8H6N2O2.5C6H6.2Zn/c2*1-22-19-28(25-13-7-4-8-14-25)32-35(22)31(36-23(2)20-29(33-36)26-15-9-5-10-16-26)37-24(3)21-30(34-37)27-17-11-6-12-18-27;2*11-8(12)7-9-5-3-1-2-4-6(5)10-7;5*1-2-4-6-5-3-1;;/h2*4-21,31H,1-3H3;2*1-4H,(H,9,10)(H,11,12);5*1-6H;;/q2*-1;;;;;;;;2*+2/p-2. The van der Waals surface area contributed by atoms with E-state index in [0.717, 1.165) is 102 Å². The normalized spacial score (nSPS) is 10.2. The number of aryl methyl sites for hydroxylation is 6. The maximum Gasteiger partial charge on any atom is 2.00 e. The number of nitrogens with zero attached hydrogens (tertiary/aromatic N) is 14. The van der Waals surface area contributed by atoms with E-state index in [1.165, 1.54) is 0 Å². The molecule has 0 spiro atoms. The van der Waals surface area contributed by atoms with E-state index in [1.54, 1.807) is 48.5 Å². The second kappa shape index (κ2) is 49.3. The molecule has 8 heterocycles. The Balaban J connectivity index is 0.000000159. The maximum atomic E-state index is 10.4. The predicted octanol–water partition coefficient (Wildman–Crippen LogP) is 20.0. The van der Waals surface area contributed by atoms with Crippen LogP contribution in [0.3, 0.4) is 0 Å². The summed E-state index contributed by atoms with van der Waals surface area (Å²) < 4.78 is 12.6. The number of aromatic carboxylic acids is 2. The summed E-state index contributed by atoms with van der Waals surface area (Å²) in [7, 11) is -3.11. The fraction of sp³-hybridized carbons (Fsp3) is 0.0566. The number of para-hydroxylation sites is 4. The van der Waals surface area contributed by atoms with E-state index >= 15 is 0 Å². The summed E-state index contributed by atoms with van der Waals surface area (Å²) in [6, 6.07) is 149. The van der Waals surface area contributed by atoms with Crippen molar-refractivity contribution in [2.24, 2.45) is 0 Å². The molecule has 130 heavy (non-hydrogen) atoms. The number of carbonyl (C=O) groups excluding carboxylic acids is 2. The number of H-pyrrole nitrogens is 2. The van der Waals surface area contributed by atoms with E-state index in [-0.39, 0.29) is 50.6 Å². The molecule has 0 saturated carbocycles. The molecule has 13 aromatic carbocycles. The summed E-state index contributed by atoms with van der Waals surface area (Å²) in [4.78, 5) is 33.6. The van der Waals surface area contributed by atoms with Gasteiger partial charge in [-0.2, -0.15) is 0 Å². The molecule has 0 bridgehead atoms. The predicted molar refractivity (Wildman–Crippen MR) is 514 cm³/mol. The molecule has 0 aliphatic rings. The summed E-state index contributed by atoms with van der Waals surface area (Å²) in [6.07, 6.45) is 0. The first kappa shape index (κ1) is 95.0. The van der Waals surface area contributed by atoms with Gasteiger partial charge in [0.1, 0.15) is 11.9 Å². The quantitative estimate of drug-likeness (QED) is 0.0966. The SMILES string of the molecule is Cc1cc(-c2ccccc2)nn1[BH-](n1nc(-c2ccccc2)cc1C)n1nc(-c2ccccc2)cc1C.Cc1cc(-c2ccccc2)nn1[BH-](n1nc(-c2ccccc2)cc1C)n1nc(-c2ccccc2)cc1C.O=C([O-])c1nc2ccccc2[nH]1.O=C([O-])c1nc2ccccc2[nH]1.[Zn+2].[Zn+2].c1ccccc1.c1ccccc1.c1ccccc1.c1ccccc1.c1ccccc1. The molecule has 21 aromatic rings. The van der Waals surface area contributed by atoms with E-state index in [1.807, 2.05) is 291 Å². The van der Waals surface area contributed by atoms with Crippen LogP contribution in [0.1, 0.15) is 55.4 Å². The first-order valence-electron chi connectivity index (χ1n) is 42.1. The Morgan fingerprint density at radius 3 is 0.508 bits per heavy atom. The third-order valence-electron chi connectivity index (χ3n) is 20.4. The molecule has 0 aliphatic heterocycles. The number of carboxylic acid groups (broad SMARTS) is 2. The van der Waals surface area contributed by atoms with Crippen molar-refractivity contribution in [2.75, 3.05) is 0 Å². The second-order valence-corrected chi connectivity index (χ2v) is 29.6. The minimum Gasteiger partial charge on any atom is -0.542 e. The number of aromatic amines is 2. The molecular weight excluding hydrogens is 1710 g/mol. The number of carbonyl (C=O) groups is 2. The van der Waals surface area contributed by atoms with Crippen molar-refractivity contribution in [3.05, 3.63) is 495 Å². The molecule has 20 nitrogen and oxygen atoms in total. The molecule has 0 aliphatic carbocycles. The molecule has 0 saturated heterocycles. The molecule has 0 radical (unpaired) electrons. The topological polar surface area (TPSA) is 245 Å². The van der Waals surface area contributed by atoms with Gasteiger partial charge in [-0.05, 0) is 136 Å². The summed E-state index contributed by atoms with van der Waals surface area (Å²) in [5.74, 6) is -2.83. The number of carboxylic acids is 2. The fourth-order valence-corrected chi connectivity index (χ4v) is 14.1. The van der Waals surface area contributed by atoms with Gasteiger partial charge in [-0.15, -0.1) is 0 Å². The molecule has 21 rings (SSSR count). The van der Waals surface area contributed by atoms with Crippen LogP contribution in [0.2, 0.25) is 0 Å². The Morgan fingerprint density at radius 2 is 0.362 bits per heavy atom. The second-order valence-electron chi connectivity index (χ2n) is 29.6. The van der Waals surface area contributed by atoms with Gasteiger partial charge in [0.25, 0.3) is 0 Å². The zero-order chi connectivity index (χ0) is 89.0. The summed E-state index contributed by atoms with van der Waals surface area (Å²) >= 11 is 0. The van der Waals surface area contributed by atoms with E-state index in [9.17, 15) is 19.8 Å². The van der Waals surface area contributed by atoms with E-state index in [0.29, 0.717) is 22.1 Å². The Morgan fingerprint density at radius 1 is 0.223 bits per heavy atom. The van der Waals surface area contributed by atoms with Crippen molar-refractivity contribution in [2.45, 2.75) is 41.5 Å². The monoisotopic (exact) mass is 1810 g/mol. The van der Waals surface area contributed by atoms with Crippen LogP contribution in [0.5, 0.6) is 0 Å². The molecule has 634 valence electrons. The van der Waals surface area contributed by atoms with Crippen molar-refractivity contribution in [1.29, 1.82) is 0 Å². The third-order valence-corrected chi connectivity index (χ3v) is 20.4. The minimum absolute atomic E-state index is 0. The molecule has 0 fully saturated rings. The van der Waals surface area contributed by atoms with Crippen molar-refractivity contribution in [3.8, 4) is 67.5 Å². The van der Waals surface area contributed by atoms with Gasteiger partial charge in [-0.3, -0.25) is 0 Å². The third kappa shape index (κ3) is 26.7. The average molecular weight is 1810 g/mol. The Bertz CT molecular complexity index is 5740. The van der Waals surface area contributed by atoms with Crippen LogP contribution < -0.4 is 10.2 Å². The molecule has 0 unspecified atom stereocenters. The number of nitrogens with one attached hydrogen (secondary N) is 2. The van der Waals surface area contributed by atoms with Crippen LogP contribution in [-0.2, 0) is 39.0 Å². The van der Waals surface area contributed by atoms with Crippen LogP contribution in [0, 0.1) is 41.5 Å². The smallest absolute Gasteiger partial charge is 0.542 e. The number of aromatic nitrogens is 16. The van der Waals surface area contributed by atoms with E-state index in [4.69, 9.17) is 30.6 Å². The van der Waals surface area contributed by atoms with Crippen molar-refractivity contribution >= 4 is 48.2 Å². The number of rotatable bonds is 14. The number of imidazole rings is 2. The minimum atomic E-state index is -1.55. The van der Waals surface area contributed by atoms with Gasteiger partial charge in [-0.25, -0.2) is 40.6 Å². The van der Waals surface area contributed by atoms with Crippen LogP contribution in [0.4, 0.5) is 0 Å². The summed E-state index contributed by atoms with van der Waals surface area (Å²) in [5.41, 5.74) is 21.2. The van der Waals surface area contributed by atoms with Gasteiger partial charge < -0.3 is 57.3 Å². The fourth-order valence-electron chi connectivity index (χ4n) is 14.1. The average Bonchev–Trinajstić information content (AvgIpc) is 1.61. The van der Waals surface area contributed by atoms with Crippen LogP contribution in [0.25, 0.3) is 89.6 Å². The zero-order valence-electron chi connectivity index (χ0n) is 73.4. The van der Waals surface area contributed by atoms with Gasteiger partial charge >= 0.3 is 53.2 Å². The molecular formula is C106H96B2N16O4Zn2. The first-order valence-corrected chi connectivity index (χ1v) is 42.1. The van der Waals surface area contributed by atoms with Crippen molar-refractivity contribution in [3.63, 3.8) is 0 Å².